The van der Waals surface area contributed by atoms with Crippen molar-refractivity contribution in [3.63, 3.8) is 0 Å². The van der Waals surface area contributed by atoms with Crippen LogP contribution in [0.5, 0.6) is 5.75 Å². The molecule has 138 valence electrons. The maximum atomic E-state index is 13.4. The molecule has 0 radical (unpaired) electrons. The zero-order chi connectivity index (χ0) is 19.8. The van der Waals surface area contributed by atoms with Crippen molar-refractivity contribution < 1.29 is 28.0 Å². The normalized spacial score (nSPS) is 16.0. The van der Waals surface area contributed by atoms with Crippen LogP contribution in [0.3, 0.4) is 0 Å². The lowest BCUT2D eigenvalue weighted by atomic mass is 10.0. The number of carbonyl (C=O) groups excluding carboxylic acids is 1. The van der Waals surface area contributed by atoms with Crippen LogP contribution < -0.4 is 5.01 Å². The van der Waals surface area contributed by atoms with E-state index in [1.54, 1.807) is 6.07 Å². The van der Waals surface area contributed by atoms with Gasteiger partial charge in [0.15, 0.2) is 5.71 Å². The summed E-state index contributed by atoms with van der Waals surface area (Å²) in [6.07, 6.45) is -4.21. The largest absolute Gasteiger partial charge is 0.507 e. The third kappa shape index (κ3) is 3.50. The number of rotatable bonds is 3. The first-order chi connectivity index (χ1) is 12.7. The van der Waals surface area contributed by atoms with E-state index in [4.69, 9.17) is 0 Å². The molecular formula is C17H10F3N3O4. The Labute approximate surface area is 149 Å². The van der Waals surface area contributed by atoms with Crippen molar-refractivity contribution in [2.75, 3.05) is 5.01 Å². The van der Waals surface area contributed by atoms with Gasteiger partial charge in [-0.1, -0.05) is 18.2 Å². The van der Waals surface area contributed by atoms with E-state index in [0.717, 1.165) is 24.3 Å². The summed E-state index contributed by atoms with van der Waals surface area (Å²) >= 11 is 0. The maximum Gasteiger partial charge on any atom is 0.435 e. The number of phenols is 1. The minimum atomic E-state index is -4.94. The Morgan fingerprint density at radius 3 is 2.41 bits per heavy atom. The number of halogens is 3. The number of anilines is 1. The molecule has 1 aliphatic rings. The smallest absolute Gasteiger partial charge is 0.435 e. The molecule has 10 heteroatoms. The number of hydrazone groups is 1. The number of carbonyl (C=O) groups is 1. The highest BCUT2D eigenvalue weighted by atomic mass is 19.4. The van der Waals surface area contributed by atoms with Crippen LogP contribution in [-0.2, 0) is 4.79 Å². The lowest BCUT2D eigenvalue weighted by Gasteiger charge is -2.10. The van der Waals surface area contributed by atoms with E-state index in [-0.39, 0.29) is 11.3 Å². The minimum Gasteiger partial charge on any atom is -0.507 e. The van der Waals surface area contributed by atoms with Gasteiger partial charge < -0.3 is 5.11 Å². The number of nitro groups is 1. The van der Waals surface area contributed by atoms with E-state index in [2.05, 4.69) is 5.10 Å². The molecule has 1 amide bonds. The molecule has 27 heavy (non-hydrogen) atoms. The number of hydrogen-bond acceptors (Lipinski definition) is 5. The van der Waals surface area contributed by atoms with Gasteiger partial charge in [-0.15, -0.1) is 0 Å². The topological polar surface area (TPSA) is 96.0 Å². The number of alkyl halides is 3. The first-order valence-corrected chi connectivity index (χ1v) is 7.43. The molecule has 2 aromatic rings. The number of para-hydroxylation sites is 1. The zero-order valence-electron chi connectivity index (χ0n) is 13.3. The number of nitro benzene ring substituents is 1. The Kier molecular flexibility index (Phi) is 4.40. The molecule has 1 aliphatic heterocycles. The van der Waals surface area contributed by atoms with Gasteiger partial charge in [-0.2, -0.15) is 23.3 Å². The van der Waals surface area contributed by atoms with Crippen molar-refractivity contribution in [1.82, 2.24) is 0 Å². The number of amides is 1. The van der Waals surface area contributed by atoms with Gasteiger partial charge in [-0.3, -0.25) is 14.9 Å². The summed E-state index contributed by atoms with van der Waals surface area (Å²) in [5.41, 5.74) is -2.92. The van der Waals surface area contributed by atoms with Gasteiger partial charge in [-0.05, 0) is 24.3 Å². The highest BCUT2D eigenvalue weighted by molar-refractivity contribution is 6.34. The van der Waals surface area contributed by atoms with Gasteiger partial charge in [0, 0.05) is 17.7 Å². The molecule has 7 nitrogen and oxygen atoms in total. The van der Waals surface area contributed by atoms with Crippen LogP contribution in [0.2, 0.25) is 0 Å². The van der Waals surface area contributed by atoms with Crippen LogP contribution in [-0.4, -0.2) is 27.8 Å². The Morgan fingerprint density at radius 1 is 1.15 bits per heavy atom. The van der Waals surface area contributed by atoms with Crippen LogP contribution in [0.15, 0.2) is 59.2 Å². The second kappa shape index (κ2) is 6.56. The molecule has 0 bridgehead atoms. The van der Waals surface area contributed by atoms with E-state index in [1.165, 1.54) is 24.3 Å². The molecule has 0 spiro atoms. The molecule has 0 saturated heterocycles. The molecule has 0 aliphatic carbocycles. The molecule has 2 aromatic carbocycles. The molecule has 0 fully saturated rings. The average Bonchev–Trinajstić information content (AvgIpc) is 2.94. The molecule has 0 aromatic heterocycles. The average molecular weight is 377 g/mol. The van der Waals surface area contributed by atoms with Crippen LogP contribution in [0.4, 0.5) is 24.5 Å². The highest BCUT2D eigenvalue weighted by Gasteiger charge is 2.46. The Morgan fingerprint density at radius 2 is 1.81 bits per heavy atom. The Balaban J connectivity index is 2.13. The number of nitrogens with zero attached hydrogens (tertiary/aromatic N) is 3. The molecule has 3 rings (SSSR count). The number of non-ortho nitro benzene ring substituents is 1. The maximum absolute atomic E-state index is 13.4. The van der Waals surface area contributed by atoms with E-state index in [9.17, 15) is 33.2 Å². The Hall–Kier alpha value is -3.69. The fraction of sp³-hybridized carbons (Fsp3) is 0.0588. The molecule has 0 atom stereocenters. The lowest BCUT2D eigenvalue weighted by Crippen LogP contribution is -2.25. The molecule has 1 heterocycles. The summed E-state index contributed by atoms with van der Waals surface area (Å²) < 4.78 is 40.1. The number of hydrogen-bond donors (Lipinski definition) is 1. The highest BCUT2D eigenvalue weighted by Crippen LogP contribution is 2.34. The second-order valence-electron chi connectivity index (χ2n) is 5.46. The molecule has 1 N–H and O–H groups in total. The van der Waals surface area contributed by atoms with Crippen molar-refractivity contribution in [3.05, 3.63) is 69.8 Å². The standard InChI is InChI=1S/C17H10F3N3O4/c18-17(19,20)15-13(9-10-8-12(23(26)27)6-7-14(10)24)16(25)22(21-15)11-4-2-1-3-5-11/h1-9,24H/b13-9-. The zero-order valence-corrected chi connectivity index (χ0v) is 13.3. The van der Waals surface area contributed by atoms with Crippen molar-refractivity contribution in [1.29, 1.82) is 0 Å². The summed E-state index contributed by atoms with van der Waals surface area (Å²) in [4.78, 5) is 22.6. The van der Waals surface area contributed by atoms with E-state index in [1.807, 2.05) is 0 Å². The van der Waals surface area contributed by atoms with Gasteiger partial charge in [0.25, 0.3) is 11.6 Å². The SMILES string of the molecule is O=C1/C(=C\c2cc([N+](=O)[O-])ccc2O)C(C(F)(F)F)=NN1c1ccccc1. The summed E-state index contributed by atoms with van der Waals surface area (Å²) in [7, 11) is 0. The first kappa shape index (κ1) is 18.1. The second-order valence-corrected chi connectivity index (χ2v) is 5.46. The monoisotopic (exact) mass is 377 g/mol. The van der Waals surface area contributed by atoms with Crippen LogP contribution in [0.25, 0.3) is 6.08 Å². The van der Waals surface area contributed by atoms with Gasteiger partial charge >= 0.3 is 6.18 Å². The van der Waals surface area contributed by atoms with Gasteiger partial charge in [0.05, 0.1) is 16.2 Å². The fourth-order valence-corrected chi connectivity index (χ4v) is 2.42. The third-order valence-corrected chi connectivity index (χ3v) is 3.67. The number of phenolic OH excluding ortho intramolecular Hbond substituents is 1. The van der Waals surface area contributed by atoms with Gasteiger partial charge in [0.2, 0.25) is 0 Å². The summed E-state index contributed by atoms with van der Waals surface area (Å²) in [6.45, 7) is 0. The predicted octanol–water partition coefficient (Wildman–Crippen LogP) is 3.65. The van der Waals surface area contributed by atoms with E-state index in [0.29, 0.717) is 5.01 Å². The minimum absolute atomic E-state index is 0.121. The van der Waals surface area contributed by atoms with E-state index < -0.39 is 39.7 Å². The van der Waals surface area contributed by atoms with Crippen LogP contribution in [0.1, 0.15) is 5.56 Å². The summed E-state index contributed by atoms with van der Waals surface area (Å²) in [5.74, 6) is -1.58. The van der Waals surface area contributed by atoms with Gasteiger partial charge in [0.1, 0.15) is 5.75 Å². The quantitative estimate of drug-likeness (QED) is 0.502. The lowest BCUT2D eigenvalue weighted by molar-refractivity contribution is -0.384. The van der Waals surface area contributed by atoms with E-state index >= 15 is 0 Å². The van der Waals surface area contributed by atoms with Crippen molar-refractivity contribution in [3.8, 4) is 5.75 Å². The number of aromatic hydroxyl groups is 1. The Bertz CT molecular complexity index is 985. The first-order valence-electron chi connectivity index (χ1n) is 7.43. The molecule has 0 saturated carbocycles. The summed E-state index contributed by atoms with van der Waals surface area (Å²) in [5, 5.41) is 24.6. The van der Waals surface area contributed by atoms with Crippen molar-refractivity contribution in [2.45, 2.75) is 6.18 Å². The van der Waals surface area contributed by atoms with Gasteiger partial charge in [-0.25, -0.2) is 0 Å². The molecule has 0 unspecified atom stereocenters. The van der Waals surface area contributed by atoms with Crippen LogP contribution in [0, 0.1) is 10.1 Å². The summed E-state index contributed by atoms with van der Waals surface area (Å²) in [6, 6.07) is 10.3. The predicted molar refractivity (Wildman–Crippen MR) is 90.2 cm³/mol. The molecular weight excluding hydrogens is 367 g/mol. The fourth-order valence-electron chi connectivity index (χ4n) is 2.42. The van der Waals surface area contributed by atoms with Crippen LogP contribution >= 0.6 is 0 Å². The number of benzene rings is 2. The van der Waals surface area contributed by atoms with Crippen molar-refractivity contribution in [2.24, 2.45) is 5.10 Å². The van der Waals surface area contributed by atoms with Crippen molar-refractivity contribution >= 4 is 29.1 Å². The third-order valence-electron chi connectivity index (χ3n) is 3.67.